The first kappa shape index (κ1) is 13.9. The number of rotatable bonds is 5. The van der Waals surface area contributed by atoms with Crippen LogP contribution >= 0.6 is 0 Å². The molecule has 0 saturated carbocycles. The van der Waals surface area contributed by atoms with Crippen LogP contribution in [0.1, 0.15) is 26.7 Å². The molecule has 0 aromatic rings. The van der Waals surface area contributed by atoms with E-state index in [0.29, 0.717) is 12.1 Å². The molecular formula is C12H28N4. The second-order valence-electron chi connectivity index (χ2n) is 5.55. The standard InChI is InChI=1S/C12H28N4/c1-10(2)5-6-11(14-13)12-9-15(3)7-8-16(12)4/h10-12,14H,5-9,13H2,1-4H3. The second kappa shape index (κ2) is 6.55. The summed E-state index contributed by atoms with van der Waals surface area (Å²) >= 11 is 0. The average molecular weight is 228 g/mol. The maximum absolute atomic E-state index is 5.70. The van der Waals surface area contributed by atoms with E-state index in [1.807, 2.05) is 0 Å². The highest BCUT2D eigenvalue weighted by Crippen LogP contribution is 2.15. The van der Waals surface area contributed by atoms with Crippen LogP contribution in [0, 0.1) is 5.92 Å². The zero-order valence-corrected chi connectivity index (χ0v) is 11.2. The lowest BCUT2D eigenvalue weighted by atomic mass is 9.96. The molecule has 2 unspecified atom stereocenters. The van der Waals surface area contributed by atoms with E-state index >= 15 is 0 Å². The minimum Gasteiger partial charge on any atom is -0.303 e. The second-order valence-corrected chi connectivity index (χ2v) is 5.55. The number of nitrogens with zero attached hydrogens (tertiary/aromatic N) is 2. The van der Waals surface area contributed by atoms with E-state index in [1.165, 1.54) is 6.42 Å². The molecule has 0 bridgehead atoms. The summed E-state index contributed by atoms with van der Waals surface area (Å²) in [6.07, 6.45) is 2.40. The third-order valence-corrected chi connectivity index (χ3v) is 3.63. The van der Waals surface area contributed by atoms with Crippen molar-refractivity contribution in [3.8, 4) is 0 Å². The monoisotopic (exact) mass is 228 g/mol. The summed E-state index contributed by atoms with van der Waals surface area (Å²) in [5.74, 6) is 6.45. The molecule has 2 atom stereocenters. The van der Waals surface area contributed by atoms with Crippen LogP contribution in [0.15, 0.2) is 0 Å². The Balaban J connectivity index is 2.49. The third kappa shape index (κ3) is 4.01. The molecule has 4 nitrogen and oxygen atoms in total. The number of piperazine rings is 1. The van der Waals surface area contributed by atoms with Gasteiger partial charge < -0.3 is 4.90 Å². The number of hydrogen-bond donors (Lipinski definition) is 2. The van der Waals surface area contributed by atoms with Gasteiger partial charge >= 0.3 is 0 Å². The van der Waals surface area contributed by atoms with Gasteiger partial charge in [-0.3, -0.25) is 16.2 Å². The molecule has 0 spiro atoms. The lowest BCUT2D eigenvalue weighted by molar-refractivity contribution is 0.0837. The lowest BCUT2D eigenvalue weighted by Crippen LogP contribution is -2.59. The zero-order valence-electron chi connectivity index (χ0n) is 11.2. The predicted molar refractivity (Wildman–Crippen MR) is 69.1 cm³/mol. The van der Waals surface area contributed by atoms with Crippen LogP contribution in [-0.2, 0) is 0 Å². The van der Waals surface area contributed by atoms with Gasteiger partial charge in [0, 0.05) is 31.7 Å². The lowest BCUT2D eigenvalue weighted by Gasteiger charge is -2.41. The van der Waals surface area contributed by atoms with Gasteiger partial charge in [0.15, 0.2) is 0 Å². The van der Waals surface area contributed by atoms with Gasteiger partial charge in [-0.1, -0.05) is 13.8 Å². The predicted octanol–water partition coefficient (Wildman–Crippen LogP) is 0.500. The van der Waals surface area contributed by atoms with Crippen molar-refractivity contribution in [2.75, 3.05) is 33.7 Å². The molecule has 1 aliphatic heterocycles. The summed E-state index contributed by atoms with van der Waals surface area (Å²) in [5, 5.41) is 0. The van der Waals surface area contributed by atoms with Crippen molar-refractivity contribution in [2.45, 2.75) is 38.8 Å². The summed E-state index contributed by atoms with van der Waals surface area (Å²) in [4.78, 5) is 4.83. The Bertz CT molecular complexity index is 195. The molecule has 0 aromatic heterocycles. The topological polar surface area (TPSA) is 44.5 Å². The maximum Gasteiger partial charge on any atom is 0.0387 e. The Labute approximate surface area is 100 Å². The average Bonchev–Trinajstić information content (AvgIpc) is 2.23. The molecule has 1 saturated heterocycles. The van der Waals surface area contributed by atoms with E-state index < -0.39 is 0 Å². The molecule has 96 valence electrons. The highest BCUT2D eigenvalue weighted by molar-refractivity contribution is 4.87. The van der Waals surface area contributed by atoms with Crippen LogP contribution in [0.25, 0.3) is 0 Å². The molecule has 0 amide bonds. The highest BCUT2D eigenvalue weighted by Gasteiger charge is 2.28. The Kier molecular flexibility index (Phi) is 5.69. The van der Waals surface area contributed by atoms with Crippen molar-refractivity contribution < 1.29 is 0 Å². The highest BCUT2D eigenvalue weighted by atomic mass is 15.3. The van der Waals surface area contributed by atoms with Gasteiger partial charge in [0.25, 0.3) is 0 Å². The van der Waals surface area contributed by atoms with E-state index in [4.69, 9.17) is 5.84 Å². The molecule has 4 heteroatoms. The molecule has 1 rings (SSSR count). The van der Waals surface area contributed by atoms with Gasteiger partial charge in [0.1, 0.15) is 0 Å². The smallest absolute Gasteiger partial charge is 0.0387 e. The van der Waals surface area contributed by atoms with Crippen molar-refractivity contribution in [1.82, 2.24) is 15.2 Å². The molecule has 3 N–H and O–H groups in total. The molecule has 1 heterocycles. The number of nitrogens with one attached hydrogen (secondary N) is 1. The Hall–Kier alpha value is -0.160. The van der Waals surface area contributed by atoms with Gasteiger partial charge in [-0.2, -0.15) is 0 Å². The molecule has 1 fully saturated rings. The van der Waals surface area contributed by atoms with E-state index in [0.717, 1.165) is 32.0 Å². The Morgan fingerprint density at radius 1 is 1.25 bits per heavy atom. The fourth-order valence-electron chi connectivity index (χ4n) is 2.38. The summed E-state index contributed by atoms with van der Waals surface area (Å²) in [5.41, 5.74) is 3.01. The first-order valence-corrected chi connectivity index (χ1v) is 6.39. The fourth-order valence-corrected chi connectivity index (χ4v) is 2.38. The van der Waals surface area contributed by atoms with Gasteiger partial charge in [0.05, 0.1) is 0 Å². The summed E-state index contributed by atoms with van der Waals surface area (Å²) in [7, 11) is 4.40. The van der Waals surface area contributed by atoms with Crippen molar-refractivity contribution >= 4 is 0 Å². The zero-order chi connectivity index (χ0) is 12.1. The largest absolute Gasteiger partial charge is 0.303 e. The molecule has 0 aliphatic carbocycles. The number of nitrogens with two attached hydrogens (primary N) is 1. The van der Waals surface area contributed by atoms with Crippen molar-refractivity contribution in [3.63, 3.8) is 0 Å². The molecule has 16 heavy (non-hydrogen) atoms. The van der Waals surface area contributed by atoms with E-state index in [2.05, 4.69) is 43.2 Å². The Morgan fingerprint density at radius 3 is 2.50 bits per heavy atom. The molecule has 0 aromatic carbocycles. The van der Waals surface area contributed by atoms with Crippen molar-refractivity contribution in [3.05, 3.63) is 0 Å². The van der Waals surface area contributed by atoms with Crippen LogP contribution in [0.5, 0.6) is 0 Å². The molecule has 1 aliphatic rings. The minimum atomic E-state index is 0.412. The number of hydrogen-bond acceptors (Lipinski definition) is 4. The maximum atomic E-state index is 5.70. The first-order valence-electron chi connectivity index (χ1n) is 6.39. The van der Waals surface area contributed by atoms with Crippen LogP contribution < -0.4 is 11.3 Å². The van der Waals surface area contributed by atoms with E-state index in [1.54, 1.807) is 0 Å². The molecule has 0 radical (unpaired) electrons. The number of hydrazine groups is 1. The summed E-state index contributed by atoms with van der Waals surface area (Å²) in [6, 6.07) is 0.956. The third-order valence-electron chi connectivity index (χ3n) is 3.63. The normalized spacial score (nSPS) is 26.2. The fraction of sp³-hybridized carbons (Fsp3) is 1.00. The van der Waals surface area contributed by atoms with E-state index in [9.17, 15) is 0 Å². The van der Waals surface area contributed by atoms with Gasteiger partial charge in [-0.25, -0.2) is 0 Å². The Morgan fingerprint density at radius 2 is 1.94 bits per heavy atom. The van der Waals surface area contributed by atoms with Crippen molar-refractivity contribution in [1.29, 1.82) is 0 Å². The van der Waals surface area contributed by atoms with Gasteiger partial charge in [0.2, 0.25) is 0 Å². The van der Waals surface area contributed by atoms with Crippen LogP contribution in [-0.4, -0.2) is 55.6 Å². The van der Waals surface area contributed by atoms with Gasteiger partial charge in [-0.05, 0) is 32.9 Å². The summed E-state index contributed by atoms with van der Waals surface area (Å²) < 4.78 is 0. The minimum absolute atomic E-state index is 0.412. The number of likely N-dealkylation sites (N-methyl/N-ethyl adjacent to an activating group) is 2. The van der Waals surface area contributed by atoms with Crippen LogP contribution in [0.4, 0.5) is 0 Å². The quantitative estimate of drug-likeness (QED) is 0.531. The van der Waals surface area contributed by atoms with Gasteiger partial charge in [-0.15, -0.1) is 0 Å². The summed E-state index contributed by atoms with van der Waals surface area (Å²) in [6.45, 7) is 7.95. The van der Waals surface area contributed by atoms with Crippen LogP contribution in [0.3, 0.4) is 0 Å². The van der Waals surface area contributed by atoms with E-state index in [-0.39, 0.29) is 0 Å². The molecular weight excluding hydrogens is 200 g/mol. The van der Waals surface area contributed by atoms with Crippen molar-refractivity contribution in [2.24, 2.45) is 11.8 Å². The SMILES string of the molecule is CC(C)CCC(NN)C1CN(C)CCN1C. The van der Waals surface area contributed by atoms with Crippen LogP contribution in [0.2, 0.25) is 0 Å². The first-order chi connectivity index (χ1) is 7.54.